The molecule has 30 heavy (non-hydrogen) atoms. The summed E-state index contributed by atoms with van der Waals surface area (Å²) in [5.41, 5.74) is 7.34. The first-order chi connectivity index (χ1) is 14.5. The maximum atomic E-state index is 13.4. The van der Waals surface area contributed by atoms with E-state index in [0.717, 1.165) is 19.4 Å². The van der Waals surface area contributed by atoms with Gasteiger partial charge in [0.15, 0.2) is 11.3 Å². The van der Waals surface area contributed by atoms with E-state index in [1.54, 1.807) is 4.68 Å². The molecule has 0 bridgehead atoms. The van der Waals surface area contributed by atoms with E-state index >= 15 is 0 Å². The van der Waals surface area contributed by atoms with Crippen LogP contribution in [0.25, 0.3) is 22.0 Å². The number of nitrogen functional groups attached to an aromatic ring is 1. The third-order valence-corrected chi connectivity index (χ3v) is 5.39. The van der Waals surface area contributed by atoms with Gasteiger partial charge in [0, 0.05) is 12.6 Å². The lowest BCUT2D eigenvalue weighted by molar-refractivity contribution is 0.101. The predicted molar refractivity (Wildman–Crippen MR) is 110 cm³/mol. The van der Waals surface area contributed by atoms with Crippen LogP contribution in [0.2, 0.25) is 5.02 Å². The molecule has 4 aromatic rings. The second kappa shape index (κ2) is 7.22. The zero-order valence-corrected chi connectivity index (χ0v) is 16.4. The topological polar surface area (TPSA) is 124 Å². The number of piperidine rings is 1. The molecule has 4 heterocycles. The molecule has 154 valence electrons. The number of oxazole rings is 1. The summed E-state index contributed by atoms with van der Waals surface area (Å²) in [5.74, 6) is -0.882. The van der Waals surface area contributed by atoms with E-state index in [9.17, 15) is 9.18 Å². The second-order valence-electron chi connectivity index (χ2n) is 7.09. The predicted octanol–water partition coefficient (Wildman–Crippen LogP) is 3.12. The van der Waals surface area contributed by atoms with Crippen molar-refractivity contribution in [3.05, 3.63) is 40.9 Å². The lowest BCUT2D eigenvalue weighted by atomic mass is 10.1. The molecule has 1 saturated heterocycles. The largest absolute Gasteiger partial charge is 0.423 e. The average molecular weight is 430 g/mol. The molecular weight excluding hydrogens is 413 g/mol. The number of hydrogen-bond donors (Lipinski definition) is 3. The Labute approximate surface area is 174 Å². The highest BCUT2D eigenvalue weighted by molar-refractivity contribution is 6.36. The van der Waals surface area contributed by atoms with Gasteiger partial charge in [-0.15, -0.1) is 0 Å². The third-order valence-electron chi connectivity index (χ3n) is 5.11. The van der Waals surface area contributed by atoms with Crippen molar-refractivity contribution in [3.8, 4) is 0 Å². The second-order valence-corrected chi connectivity index (χ2v) is 7.50. The number of halogens is 2. The number of carbonyl (C=O) groups is 1. The molecule has 9 nitrogen and oxygen atoms in total. The number of hydrogen-bond acceptors (Lipinski definition) is 7. The number of rotatable bonds is 3. The van der Waals surface area contributed by atoms with Gasteiger partial charge >= 0.3 is 6.01 Å². The molecule has 1 unspecified atom stereocenters. The number of pyridine rings is 1. The first kappa shape index (κ1) is 18.8. The molecule has 1 aromatic carbocycles. The number of fused-ring (bicyclic) bond motifs is 2. The number of nitrogens with zero attached hydrogens (tertiary/aromatic N) is 4. The minimum atomic E-state index is -0.578. The summed E-state index contributed by atoms with van der Waals surface area (Å²) in [4.78, 5) is 21.2. The van der Waals surface area contributed by atoms with Crippen molar-refractivity contribution < 1.29 is 13.6 Å². The average Bonchev–Trinajstić information content (AvgIpc) is 3.33. The maximum absolute atomic E-state index is 13.4. The fourth-order valence-electron chi connectivity index (χ4n) is 3.73. The molecule has 1 aliphatic rings. The summed E-state index contributed by atoms with van der Waals surface area (Å²) in [6.45, 7) is 1.63. The van der Waals surface area contributed by atoms with E-state index in [1.165, 1.54) is 24.4 Å². The summed E-state index contributed by atoms with van der Waals surface area (Å²) in [6, 6.07) is 3.86. The fraction of sp³-hybridized carbons (Fsp3) is 0.263. The highest BCUT2D eigenvalue weighted by Gasteiger charge is 2.27. The molecule has 11 heteroatoms. The van der Waals surface area contributed by atoms with Crippen LogP contribution in [-0.4, -0.2) is 38.7 Å². The molecule has 1 atom stereocenters. The van der Waals surface area contributed by atoms with Crippen molar-refractivity contribution >= 4 is 51.3 Å². The van der Waals surface area contributed by atoms with Crippen LogP contribution in [-0.2, 0) is 0 Å². The van der Waals surface area contributed by atoms with Gasteiger partial charge in [0.25, 0.3) is 5.91 Å². The smallest absolute Gasteiger partial charge is 0.302 e. The molecule has 1 aliphatic heterocycles. The molecule has 0 radical (unpaired) electrons. The van der Waals surface area contributed by atoms with Crippen molar-refractivity contribution in [2.45, 2.75) is 18.9 Å². The summed E-state index contributed by atoms with van der Waals surface area (Å²) in [6.07, 6.45) is 3.32. The normalized spacial score (nSPS) is 16.9. The minimum absolute atomic E-state index is 0.0226. The van der Waals surface area contributed by atoms with E-state index in [4.69, 9.17) is 21.8 Å². The molecule has 0 aliphatic carbocycles. The van der Waals surface area contributed by atoms with Crippen LogP contribution < -0.4 is 16.4 Å². The van der Waals surface area contributed by atoms with Crippen molar-refractivity contribution in [1.82, 2.24) is 25.1 Å². The van der Waals surface area contributed by atoms with E-state index in [2.05, 4.69) is 25.7 Å². The maximum Gasteiger partial charge on any atom is 0.302 e. The molecule has 4 N–H and O–H groups in total. The van der Waals surface area contributed by atoms with Crippen molar-refractivity contribution in [2.24, 2.45) is 0 Å². The van der Waals surface area contributed by atoms with Crippen LogP contribution in [0, 0.1) is 5.82 Å². The SMILES string of the molecule is Nc1ncc(Cl)c2c1c(C(=O)Nc1nc3cc(F)ccc3o1)nn2C1CCCNC1. The summed E-state index contributed by atoms with van der Waals surface area (Å²) >= 11 is 6.40. The molecular formula is C19H17ClFN7O2. The Balaban J connectivity index is 1.57. The van der Waals surface area contributed by atoms with Crippen molar-refractivity contribution in [1.29, 1.82) is 0 Å². The van der Waals surface area contributed by atoms with Gasteiger partial charge in [0.05, 0.1) is 28.2 Å². The number of anilines is 2. The lowest BCUT2D eigenvalue weighted by Gasteiger charge is -2.24. The Kier molecular flexibility index (Phi) is 4.52. The summed E-state index contributed by atoms with van der Waals surface area (Å²) in [7, 11) is 0. The summed E-state index contributed by atoms with van der Waals surface area (Å²) in [5, 5.41) is 11.1. The molecule has 1 fully saturated rings. The Bertz CT molecular complexity index is 1280. The Morgan fingerprint density at radius 1 is 1.43 bits per heavy atom. The first-order valence-electron chi connectivity index (χ1n) is 9.41. The van der Waals surface area contributed by atoms with Gasteiger partial charge in [-0.1, -0.05) is 11.6 Å². The molecule has 5 rings (SSSR count). The number of carbonyl (C=O) groups excluding carboxylic acids is 1. The number of benzene rings is 1. The van der Waals surface area contributed by atoms with Crippen molar-refractivity contribution in [3.63, 3.8) is 0 Å². The van der Waals surface area contributed by atoms with Gasteiger partial charge in [-0.25, -0.2) is 9.37 Å². The Morgan fingerprint density at radius 2 is 2.30 bits per heavy atom. The first-order valence-corrected chi connectivity index (χ1v) is 9.79. The van der Waals surface area contributed by atoms with Crippen LogP contribution >= 0.6 is 11.6 Å². The zero-order valence-electron chi connectivity index (χ0n) is 15.7. The highest BCUT2D eigenvalue weighted by atomic mass is 35.5. The van der Waals surface area contributed by atoms with E-state index in [0.29, 0.717) is 28.1 Å². The van der Waals surface area contributed by atoms with Gasteiger partial charge < -0.3 is 15.5 Å². The van der Waals surface area contributed by atoms with Crippen LogP contribution in [0.3, 0.4) is 0 Å². The van der Waals surface area contributed by atoms with Crippen LogP contribution in [0.15, 0.2) is 28.8 Å². The van der Waals surface area contributed by atoms with E-state index in [-0.39, 0.29) is 29.1 Å². The molecule has 0 spiro atoms. The third kappa shape index (κ3) is 3.14. The van der Waals surface area contributed by atoms with Gasteiger partial charge in [-0.3, -0.25) is 14.8 Å². The lowest BCUT2D eigenvalue weighted by Crippen LogP contribution is -2.32. The highest BCUT2D eigenvalue weighted by Crippen LogP contribution is 2.33. The molecule has 0 saturated carbocycles. The van der Waals surface area contributed by atoms with E-state index < -0.39 is 11.7 Å². The number of nitrogens with one attached hydrogen (secondary N) is 2. The monoisotopic (exact) mass is 429 g/mol. The number of nitrogens with two attached hydrogens (primary N) is 1. The quantitative estimate of drug-likeness (QED) is 0.457. The van der Waals surface area contributed by atoms with Gasteiger partial charge in [0.2, 0.25) is 0 Å². The number of amides is 1. The Hall–Kier alpha value is -3.24. The van der Waals surface area contributed by atoms with E-state index in [1.807, 2.05) is 0 Å². The minimum Gasteiger partial charge on any atom is -0.423 e. The molecule has 1 amide bonds. The van der Waals surface area contributed by atoms with Crippen LogP contribution in [0.1, 0.15) is 29.4 Å². The Morgan fingerprint density at radius 3 is 3.10 bits per heavy atom. The van der Waals surface area contributed by atoms with Gasteiger partial charge in [0.1, 0.15) is 17.2 Å². The van der Waals surface area contributed by atoms with Gasteiger partial charge in [-0.05, 0) is 31.5 Å². The van der Waals surface area contributed by atoms with Crippen LogP contribution in [0.5, 0.6) is 0 Å². The molecule has 3 aromatic heterocycles. The van der Waals surface area contributed by atoms with Crippen molar-refractivity contribution in [2.75, 3.05) is 24.1 Å². The standard InChI is InChI=1S/C19H17ClFN7O2/c20-11-8-24-17(22)14-15(27-28(16(11)14)10-2-1-5-23-7-10)18(29)26-19-25-12-6-9(21)3-4-13(12)30-19/h3-4,6,8,10,23H,1-2,5,7H2,(H2,22,24)(H,25,26,29). The van der Waals surface area contributed by atoms with Crippen LogP contribution in [0.4, 0.5) is 16.2 Å². The van der Waals surface area contributed by atoms with Gasteiger partial charge in [-0.2, -0.15) is 10.1 Å². The summed E-state index contributed by atoms with van der Waals surface area (Å²) < 4.78 is 20.6. The fourth-order valence-corrected chi connectivity index (χ4v) is 3.96. The zero-order chi connectivity index (χ0) is 20.8. The number of aromatic nitrogens is 4.